The van der Waals surface area contributed by atoms with Crippen molar-refractivity contribution in [2.45, 2.75) is 24.5 Å². The number of ether oxygens (including phenoxy) is 1. The minimum atomic E-state index is 0. The van der Waals surface area contributed by atoms with Crippen LogP contribution in [-0.2, 0) is 0 Å². The molecule has 2 aromatic rings. The van der Waals surface area contributed by atoms with Crippen LogP contribution in [-0.4, -0.2) is 41.5 Å². The highest BCUT2D eigenvalue weighted by atomic mass is 35.5. The van der Waals surface area contributed by atoms with Crippen LogP contribution in [0.3, 0.4) is 0 Å². The standard InChI is InChI=1S/C28H27NO2S.ClH/c30-20-10-13-24-25(18-20)32-28-23-7-3-2-6-22(23)26(27(24)28)19-8-11-21(12-9-19)31-17-16-29-14-4-1-5-15-29;/h2-3,6-13,18,25,30H,1,4-5,14-17H2;1H. The number of hydrogen-bond acceptors (Lipinski definition) is 4. The van der Waals surface area contributed by atoms with Crippen LogP contribution in [0, 0.1) is 0 Å². The van der Waals surface area contributed by atoms with Gasteiger partial charge in [-0.15, -0.1) is 24.2 Å². The molecule has 0 spiro atoms. The van der Waals surface area contributed by atoms with E-state index in [4.69, 9.17) is 4.74 Å². The van der Waals surface area contributed by atoms with Gasteiger partial charge in [-0.1, -0.05) is 48.9 Å². The van der Waals surface area contributed by atoms with E-state index >= 15 is 0 Å². The summed E-state index contributed by atoms with van der Waals surface area (Å²) in [6, 6.07) is 17.3. The second-order valence-electron chi connectivity index (χ2n) is 8.82. The monoisotopic (exact) mass is 477 g/mol. The van der Waals surface area contributed by atoms with Crippen molar-refractivity contribution < 1.29 is 9.84 Å². The maximum atomic E-state index is 9.99. The first-order valence-electron chi connectivity index (χ1n) is 11.6. The Morgan fingerprint density at radius 1 is 0.909 bits per heavy atom. The number of halogens is 1. The van der Waals surface area contributed by atoms with Crippen LogP contribution >= 0.6 is 24.2 Å². The molecule has 0 aromatic heterocycles. The van der Waals surface area contributed by atoms with Gasteiger partial charge in [-0.25, -0.2) is 0 Å². The van der Waals surface area contributed by atoms with Crippen LogP contribution < -0.4 is 15.2 Å². The maximum Gasteiger partial charge on any atom is 0.119 e. The van der Waals surface area contributed by atoms with Gasteiger partial charge in [0.25, 0.3) is 0 Å². The van der Waals surface area contributed by atoms with Crippen molar-refractivity contribution in [3.05, 3.63) is 99.7 Å². The lowest BCUT2D eigenvalue weighted by atomic mass is 9.92. The molecule has 4 aliphatic rings. The Hall–Kier alpha value is -2.40. The van der Waals surface area contributed by atoms with Crippen LogP contribution in [0.5, 0.6) is 5.75 Å². The summed E-state index contributed by atoms with van der Waals surface area (Å²) in [5.74, 6) is 1.29. The highest BCUT2D eigenvalue weighted by molar-refractivity contribution is 8.09. The van der Waals surface area contributed by atoms with Crippen molar-refractivity contribution in [1.29, 1.82) is 0 Å². The highest BCUT2D eigenvalue weighted by Crippen LogP contribution is 2.50. The predicted octanol–water partition coefficient (Wildman–Crippen LogP) is 4.72. The Kier molecular flexibility index (Phi) is 6.42. The minimum absolute atomic E-state index is 0. The van der Waals surface area contributed by atoms with Crippen molar-refractivity contribution >= 4 is 34.6 Å². The SMILES string of the molecule is Cl.OC1=CC2SC3=c4ccccc4=C(c4ccc(OCCN5CCCCC5)cc4)C3=C2C=C1. The normalized spacial score (nSPS) is 21.3. The van der Waals surface area contributed by atoms with Crippen molar-refractivity contribution in [2.75, 3.05) is 26.2 Å². The Bertz CT molecular complexity index is 1270. The van der Waals surface area contributed by atoms with E-state index in [-0.39, 0.29) is 17.7 Å². The van der Waals surface area contributed by atoms with Crippen LogP contribution in [0.15, 0.2) is 83.7 Å². The van der Waals surface area contributed by atoms with Crippen molar-refractivity contribution in [3.8, 4) is 5.75 Å². The molecular weight excluding hydrogens is 450 g/mol. The fourth-order valence-corrected chi connectivity index (χ4v) is 6.62. The number of fused-ring (bicyclic) bond motifs is 3. The van der Waals surface area contributed by atoms with Gasteiger partial charge < -0.3 is 9.84 Å². The van der Waals surface area contributed by atoms with E-state index in [2.05, 4.69) is 59.5 Å². The van der Waals surface area contributed by atoms with E-state index in [1.54, 1.807) is 0 Å². The Labute approximate surface area is 205 Å². The lowest BCUT2D eigenvalue weighted by Crippen LogP contribution is -2.33. The minimum Gasteiger partial charge on any atom is -0.508 e. The van der Waals surface area contributed by atoms with Crippen LogP contribution in [0.1, 0.15) is 24.8 Å². The summed E-state index contributed by atoms with van der Waals surface area (Å²) in [6.45, 7) is 4.16. The molecule has 2 aromatic carbocycles. The number of hydrogen-bond donors (Lipinski definition) is 1. The van der Waals surface area contributed by atoms with E-state index in [9.17, 15) is 5.11 Å². The molecule has 170 valence electrons. The topological polar surface area (TPSA) is 32.7 Å². The average Bonchev–Trinajstić information content (AvgIpc) is 3.34. The van der Waals surface area contributed by atoms with Gasteiger partial charge in [-0.2, -0.15) is 0 Å². The molecule has 0 radical (unpaired) electrons. The third-order valence-corrected chi connectivity index (χ3v) is 8.09. The predicted molar refractivity (Wildman–Crippen MR) is 139 cm³/mol. The molecule has 5 heteroatoms. The number of benzene rings is 2. The molecule has 33 heavy (non-hydrogen) atoms. The van der Waals surface area contributed by atoms with Gasteiger partial charge in [0.05, 0.1) is 5.25 Å². The lowest BCUT2D eigenvalue weighted by molar-refractivity contribution is 0.183. The molecule has 1 saturated heterocycles. The van der Waals surface area contributed by atoms with Gasteiger partial charge in [0.1, 0.15) is 18.1 Å². The molecule has 1 fully saturated rings. The van der Waals surface area contributed by atoms with E-state index in [1.807, 2.05) is 23.9 Å². The number of nitrogens with zero attached hydrogens (tertiary/aromatic N) is 1. The smallest absolute Gasteiger partial charge is 0.119 e. The maximum absolute atomic E-state index is 9.99. The van der Waals surface area contributed by atoms with E-state index in [0.717, 1.165) is 18.9 Å². The van der Waals surface area contributed by atoms with E-state index < -0.39 is 0 Å². The zero-order valence-corrected chi connectivity index (χ0v) is 20.1. The number of thioether (sulfide) groups is 1. The molecule has 1 unspecified atom stereocenters. The third-order valence-electron chi connectivity index (χ3n) is 6.78. The van der Waals surface area contributed by atoms with Gasteiger partial charge in [-0.3, -0.25) is 4.90 Å². The molecule has 0 saturated carbocycles. The molecule has 3 nitrogen and oxygen atoms in total. The molecule has 2 aliphatic heterocycles. The molecule has 2 heterocycles. The first-order chi connectivity index (χ1) is 15.8. The second kappa shape index (κ2) is 9.46. The molecule has 0 amide bonds. The van der Waals surface area contributed by atoms with E-state index in [1.165, 1.54) is 70.0 Å². The van der Waals surface area contributed by atoms with Gasteiger partial charge in [-0.05, 0) is 77.4 Å². The molecule has 1 atom stereocenters. The first kappa shape index (κ1) is 22.4. The zero-order chi connectivity index (χ0) is 21.5. The lowest BCUT2D eigenvalue weighted by Gasteiger charge is -2.26. The molecule has 2 aliphatic carbocycles. The molecule has 6 rings (SSSR count). The molecule has 1 N–H and O–H groups in total. The van der Waals surface area contributed by atoms with Gasteiger partial charge >= 0.3 is 0 Å². The summed E-state index contributed by atoms with van der Waals surface area (Å²) >= 11 is 1.84. The van der Waals surface area contributed by atoms with Crippen LogP contribution in [0.4, 0.5) is 0 Å². The van der Waals surface area contributed by atoms with Crippen molar-refractivity contribution in [3.63, 3.8) is 0 Å². The summed E-state index contributed by atoms with van der Waals surface area (Å²) in [5, 5.41) is 12.8. The number of allylic oxidation sites excluding steroid dienone is 2. The summed E-state index contributed by atoms with van der Waals surface area (Å²) in [4.78, 5) is 3.83. The number of likely N-dealkylation sites (tertiary alicyclic amines) is 1. The number of piperidine rings is 1. The fourth-order valence-electron chi connectivity index (χ4n) is 5.19. The summed E-state index contributed by atoms with van der Waals surface area (Å²) in [6.07, 6.45) is 9.84. The summed E-state index contributed by atoms with van der Waals surface area (Å²) in [5.41, 5.74) is 5.11. The molecule has 0 bridgehead atoms. The van der Waals surface area contributed by atoms with Gasteiger partial charge in [0, 0.05) is 17.0 Å². The average molecular weight is 478 g/mol. The van der Waals surface area contributed by atoms with Crippen LogP contribution in [0.25, 0.3) is 10.5 Å². The quantitative estimate of drug-likeness (QED) is 0.675. The largest absolute Gasteiger partial charge is 0.508 e. The zero-order valence-electron chi connectivity index (χ0n) is 18.5. The Morgan fingerprint density at radius 3 is 2.45 bits per heavy atom. The number of aliphatic hydroxyl groups excluding tert-OH is 1. The second-order valence-corrected chi connectivity index (χ2v) is 9.97. The van der Waals surface area contributed by atoms with Gasteiger partial charge in [0.2, 0.25) is 0 Å². The van der Waals surface area contributed by atoms with Gasteiger partial charge in [0.15, 0.2) is 0 Å². The summed E-state index contributed by atoms with van der Waals surface area (Å²) < 4.78 is 6.06. The first-order valence-corrected chi connectivity index (χ1v) is 12.5. The number of aliphatic hydroxyl groups is 1. The third kappa shape index (κ3) is 4.16. The van der Waals surface area contributed by atoms with E-state index in [0.29, 0.717) is 5.76 Å². The van der Waals surface area contributed by atoms with Crippen LogP contribution in [0.2, 0.25) is 0 Å². The summed E-state index contributed by atoms with van der Waals surface area (Å²) in [7, 11) is 0. The fraction of sp³-hybridized carbons (Fsp3) is 0.286. The van der Waals surface area contributed by atoms with Crippen molar-refractivity contribution in [2.24, 2.45) is 0 Å². The van der Waals surface area contributed by atoms with Crippen molar-refractivity contribution in [1.82, 2.24) is 4.90 Å². The number of rotatable bonds is 5. The molecular formula is C28H28ClNO2S. The Balaban J connectivity index is 0.00000228. The Morgan fingerprint density at radius 2 is 1.67 bits per heavy atom. The highest BCUT2D eigenvalue weighted by Gasteiger charge is 2.35.